The quantitative estimate of drug-likeness (QED) is 0.612. The molecule has 0 spiro atoms. The molecule has 0 aliphatic carbocycles. The fraction of sp³-hybridized carbons (Fsp3) is 0.650. The van der Waals surface area contributed by atoms with Gasteiger partial charge in [0.1, 0.15) is 5.82 Å². The molecular formula is C20H33FN4. The van der Waals surface area contributed by atoms with E-state index in [1.807, 2.05) is 19.2 Å². The molecule has 2 N–H and O–H groups in total. The zero-order valence-corrected chi connectivity index (χ0v) is 16.1. The Kier molecular flexibility index (Phi) is 7.69. The Hall–Kier alpha value is -1.62. The second-order valence-corrected chi connectivity index (χ2v) is 7.44. The monoisotopic (exact) mass is 348 g/mol. The van der Waals surface area contributed by atoms with Crippen LogP contribution in [0.3, 0.4) is 0 Å². The average molecular weight is 349 g/mol. The molecular weight excluding hydrogens is 315 g/mol. The summed E-state index contributed by atoms with van der Waals surface area (Å²) >= 11 is 0. The van der Waals surface area contributed by atoms with E-state index in [1.54, 1.807) is 12.1 Å². The standard InChI is InChI=1S/C20H33FN4/c1-15(2)16(3)24-20(22-4)23-13-17-9-11-25(12-10-17)14-18-7-5-6-8-19(18)21/h5-8,15-17H,9-14H2,1-4H3,(H2,22,23,24). The molecule has 0 saturated carbocycles. The van der Waals surface area contributed by atoms with Crippen molar-refractivity contribution in [2.24, 2.45) is 16.8 Å². The van der Waals surface area contributed by atoms with Crippen molar-refractivity contribution in [3.8, 4) is 0 Å². The van der Waals surface area contributed by atoms with Gasteiger partial charge >= 0.3 is 0 Å². The van der Waals surface area contributed by atoms with Crippen LogP contribution < -0.4 is 10.6 Å². The average Bonchev–Trinajstić information content (AvgIpc) is 2.61. The first-order valence-electron chi connectivity index (χ1n) is 9.42. The minimum Gasteiger partial charge on any atom is -0.356 e. The summed E-state index contributed by atoms with van der Waals surface area (Å²) in [6, 6.07) is 7.48. The molecule has 0 bridgehead atoms. The van der Waals surface area contributed by atoms with E-state index in [0.717, 1.165) is 44.0 Å². The Morgan fingerprint density at radius 2 is 1.92 bits per heavy atom. The van der Waals surface area contributed by atoms with Crippen LogP contribution in [0.1, 0.15) is 39.2 Å². The van der Waals surface area contributed by atoms with Crippen molar-refractivity contribution in [2.75, 3.05) is 26.7 Å². The largest absolute Gasteiger partial charge is 0.356 e. The maximum absolute atomic E-state index is 13.8. The van der Waals surface area contributed by atoms with Crippen molar-refractivity contribution in [1.29, 1.82) is 0 Å². The van der Waals surface area contributed by atoms with E-state index in [1.165, 1.54) is 0 Å². The summed E-state index contributed by atoms with van der Waals surface area (Å²) in [4.78, 5) is 6.67. The minimum atomic E-state index is -0.0968. The molecule has 25 heavy (non-hydrogen) atoms. The molecule has 0 aromatic heterocycles. The number of benzene rings is 1. The van der Waals surface area contributed by atoms with Crippen molar-refractivity contribution in [2.45, 2.75) is 46.2 Å². The minimum absolute atomic E-state index is 0.0968. The molecule has 0 amide bonds. The Bertz CT molecular complexity index is 550. The van der Waals surface area contributed by atoms with E-state index < -0.39 is 0 Å². The van der Waals surface area contributed by atoms with Gasteiger partial charge in [-0.2, -0.15) is 0 Å². The van der Waals surface area contributed by atoms with Crippen LogP contribution >= 0.6 is 0 Å². The van der Waals surface area contributed by atoms with Crippen molar-refractivity contribution < 1.29 is 4.39 Å². The summed E-state index contributed by atoms with van der Waals surface area (Å²) in [6.45, 7) is 10.3. The van der Waals surface area contributed by atoms with Gasteiger partial charge in [0.05, 0.1) is 0 Å². The number of likely N-dealkylation sites (tertiary alicyclic amines) is 1. The number of hydrogen-bond acceptors (Lipinski definition) is 2. The molecule has 140 valence electrons. The summed E-state index contributed by atoms with van der Waals surface area (Å²) in [6.07, 6.45) is 2.27. The van der Waals surface area contributed by atoms with Gasteiger partial charge in [-0.15, -0.1) is 0 Å². The van der Waals surface area contributed by atoms with Gasteiger partial charge in [0.15, 0.2) is 5.96 Å². The molecule has 1 aliphatic heterocycles. The van der Waals surface area contributed by atoms with Gasteiger partial charge in [0, 0.05) is 31.7 Å². The zero-order valence-electron chi connectivity index (χ0n) is 16.1. The molecule has 5 heteroatoms. The van der Waals surface area contributed by atoms with Gasteiger partial charge in [-0.3, -0.25) is 9.89 Å². The molecule has 1 aromatic carbocycles. The topological polar surface area (TPSA) is 39.7 Å². The molecule has 4 nitrogen and oxygen atoms in total. The number of aliphatic imine (C=N–C) groups is 1. The lowest BCUT2D eigenvalue weighted by Crippen LogP contribution is -2.46. The highest BCUT2D eigenvalue weighted by molar-refractivity contribution is 5.79. The van der Waals surface area contributed by atoms with E-state index in [2.05, 4.69) is 41.3 Å². The normalized spacial score (nSPS) is 18.4. The van der Waals surface area contributed by atoms with E-state index in [0.29, 0.717) is 24.4 Å². The third-order valence-electron chi connectivity index (χ3n) is 5.21. The number of halogens is 1. The van der Waals surface area contributed by atoms with Gasteiger partial charge in [0.25, 0.3) is 0 Å². The predicted octanol–water partition coefficient (Wildman–Crippen LogP) is 3.25. The lowest BCUT2D eigenvalue weighted by atomic mass is 9.96. The lowest BCUT2D eigenvalue weighted by molar-refractivity contribution is 0.176. The van der Waals surface area contributed by atoms with Gasteiger partial charge < -0.3 is 10.6 Å². The molecule has 1 heterocycles. The zero-order chi connectivity index (χ0) is 18.2. The van der Waals surface area contributed by atoms with E-state index >= 15 is 0 Å². The summed E-state index contributed by atoms with van der Waals surface area (Å²) < 4.78 is 13.8. The third-order valence-corrected chi connectivity index (χ3v) is 5.21. The van der Waals surface area contributed by atoms with E-state index in [4.69, 9.17) is 0 Å². The summed E-state index contributed by atoms with van der Waals surface area (Å²) in [7, 11) is 1.82. The van der Waals surface area contributed by atoms with Crippen molar-refractivity contribution in [1.82, 2.24) is 15.5 Å². The Morgan fingerprint density at radius 1 is 1.24 bits per heavy atom. The van der Waals surface area contributed by atoms with E-state index in [-0.39, 0.29) is 5.82 Å². The van der Waals surface area contributed by atoms with Crippen molar-refractivity contribution in [3.63, 3.8) is 0 Å². The first-order valence-corrected chi connectivity index (χ1v) is 9.42. The number of nitrogens with zero attached hydrogens (tertiary/aromatic N) is 2. The highest BCUT2D eigenvalue weighted by Gasteiger charge is 2.20. The molecule has 1 aromatic rings. The number of rotatable bonds is 6. The Balaban J connectivity index is 1.72. The SMILES string of the molecule is CN=C(NCC1CCN(Cc2ccccc2F)CC1)NC(C)C(C)C. The molecule has 1 saturated heterocycles. The van der Waals surface area contributed by atoms with Gasteiger partial charge in [0.2, 0.25) is 0 Å². The summed E-state index contributed by atoms with van der Waals surface area (Å²) in [5.41, 5.74) is 0.798. The van der Waals surface area contributed by atoms with Crippen molar-refractivity contribution >= 4 is 5.96 Å². The van der Waals surface area contributed by atoms with Crippen LogP contribution in [0.15, 0.2) is 29.3 Å². The van der Waals surface area contributed by atoms with Crippen LogP contribution in [0.2, 0.25) is 0 Å². The molecule has 1 unspecified atom stereocenters. The summed E-state index contributed by atoms with van der Waals surface area (Å²) in [5.74, 6) is 2.00. The van der Waals surface area contributed by atoms with Gasteiger partial charge in [-0.25, -0.2) is 4.39 Å². The van der Waals surface area contributed by atoms with Crippen LogP contribution in [0, 0.1) is 17.7 Å². The molecule has 2 rings (SSSR count). The van der Waals surface area contributed by atoms with Crippen LogP contribution in [-0.4, -0.2) is 43.6 Å². The van der Waals surface area contributed by atoms with Crippen LogP contribution in [0.25, 0.3) is 0 Å². The number of guanidine groups is 1. The second kappa shape index (κ2) is 9.76. The molecule has 0 radical (unpaired) electrons. The Morgan fingerprint density at radius 3 is 2.52 bits per heavy atom. The van der Waals surface area contributed by atoms with E-state index in [9.17, 15) is 4.39 Å². The van der Waals surface area contributed by atoms with Crippen molar-refractivity contribution in [3.05, 3.63) is 35.6 Å². The van der Waals surface area contributed by atoms with Gasteiger partial charge in [-0.05, 0) is 50.8 Å². The fourth-order valence-corrected chi connectivity index (χ4v) is 3.03. The maximum Gasteiger partial charge on any atom is 0.191 e. The number of piperidine rings is 1. The highest BCUT2D eigenvalue weighted by atomic mass is 19.1. The second-order valence-electron chi connectivity index (χ2n) is 7.44. The van der Waals surface area contributed by atoms with Crippen LogP contribution in [0.5, 0.6) is 0 Å². The molecule has 1 atom stereocenters. The first-order chi connectivity index (χ1) is 12.0. The summed E-state index contributed by atoms with van der Waals surface area (Å²) in [5, 5.41) is 6.90. The third kappa shape index (κ3) is 6.31. The van der Waals surface area contributed by atoms with Crippen LogP contribution in [0.4, 0.5) is 4.39 Å². The first kappa shape index (κ1) is 19.7. The predicted molar refractivity (Wildman–Crippen MR) is 103 cm³/mol. The fourth-order valence-electron chi connectivity index (χ4n) is 3.03. The Labute approximate surface area is 151 Å². The smallest absolute Gasteiger partial charge is 0.191 e. The molecule has 1 fully saturated rings. The van der Waals surface area contributed by atoms with Crippen LogP contribution in [-0.2, 0) is 6.54 Å². The molecule has 1 aliphatic rings. The van der Waals surface area contributed by atoms with Gasteiger partial charge in [-0.1, -0.05) is 32.0 Å². The maximum atomic E-state index is 13.8. The number of hydrogen-bond donors (Lipinski definition) is 2. The number of nitrogens with one attached hydrogen (secondary N) is 2. The lowest BCUT2D eigenvalue weighted by Gasteiger charge is -2.32. The highest BCUT2D eigenvalue weighted by Crippen LogP contribution is 2.19.